The van der Waals surface area contributed by atoms with Crippen molar-refractivity contribution in [3.8, 4) is 0 Å². The predicted octanol–water partition coefficient (Wildman–Crippen LogP) is 8.17. The van der Waals surface area contributed by atoms with Crippen LogP contribution in [-0.2, 0) is 14.3 Å². The van der Waals surface area contributed by atoms with Crippen LogP contribution in [0.5, 0.6) is 0 Å². The summed E-state index contributed by atoms with van der Waals surface area (Å²) in [6, 6.07) is -0.796. The summed E-state index contributed by atoms with van der Waals surface area (Å²) in [5, 5.41) is 54.0. The van der Waals surface area contributed by atoms with Crippen molar-refractivity contribution in [1.29, 1.82) is 0 Å². The number of nitrogens with one attached hydrogen (secondary N) is 1. The third-order valence-corrected chi connectivity index (χ3v) is 10.4. The van der Waals surface area contributed by atoms with Crippen molar-refractivity contribution in [1.82, 2.24) is 5.32 Å². The summed E-state index contributed by atoms with van der Waals surface area (Å²) < 4.78 is 11.2. The van der Waals surface area contributed by atoms with Gasteiger partial charge in [0.1, 0.15) is 24.4 Å². The number of hydrogen-bond acceptors (Lipinski definition) is 8. The molecule has 9 heteroatoms. The third-order valence-electron chi connectivity index (χ3n) is 10.4. The van der Waals surface area contributed by atoms with E-state index in [0.29, 0.717) is 6.42 Å². The van der Waals surface area contributed by atoms with Crippen LogP contribution in [0.1, 0.15) is 194 Å². The molecule has 0 aromatic carbocycles. The smallest absolute Gasteiger partial charge is 0.220 e. The van der Waals surface area contributed by atoms with Crippen LogP contribution in [0.25, 0.3) is 0 Å². The summed E-state index contributed by atoms with van der Waals surface area (Å²) in [6.45, 7) is 3.76. The van der Waals surface area contributed by atoms with E-state index in [1.807, 2.05) is 6.08 Å². The van der Waals surface area contributed by atoms with E-state index in [-0.39, 0.29) is 12.5 Å². The minimum Gasteiger partial charge on any atom is -0.394 e. The first-order valence-electron chi connectivity index (χ1n) is 21.4. The second-order valence-corrected chi connectivity index (χ2v) is 15.1. The number of carbonyl (C=O) groups excluding carboxylic acids is 1. The Morgan fingerprint density at radius 2 is 1.08 bits per heavy atom. The highest BCUT2D eigenvalue weighted by molar-refractivity contribution is 5.76. The van der Waals surface area contributed by atoms with E-state index < -0.39 is 49.5 Å². The number of aliphatic hydroxyl groups is 5. The number of ether oxygens (including phenoxy) is 2. The summed E-state index contributed by atoms with van der Waals surface area (Å²) in [5.74, 6) is -0.176. The fourth-order valence-electron chi connectivity index (χ4n) is 6.86. The lowest BCUT2D eigenvalue weighted by Gasteiger charge is -2.40. The monoisotopic (exact) mass is 728 g/mol. The lowest BCUT2D eigenvalue weighted by molar-refractivity contribution is -0.302. The largest absolute Gasteiger partial charge is 0.394 e. The molecule has 6 N–H and O–H groups in total. The van der Waals surface area contributed by atoms with Crippen molar-refractivity contribution >= 4 is 5.91 Å². The topological polar surface area (TPSA) is 149 Å². The fourth-order valence-corrected chi connectivity index (χ4v) is 6.86. The second kappa shape index (κ2) is 33.5. The lowest BCUT2D eigenvalue weighted by atomic mass is 9.99. The minimum absolute atomic E-state index is 0.176. The zero-order valence-electron chi connectivity index (χ0n) is 32.9. The quantitative estimate of drug-likeness (QED) is 0.0283. The number of hydrogen-bond donors (Lipinski definition) is 6. The summed E-state index contributed by atoms with van der Waals surface area (Å²) in [6.07, 6.45) is 29.7. The fraction of sp³-hybridized carbons (Fsp3) is 0.929. The highest BCUT2D eigenvalue weighted by atomic mass is 16.7. The maximum absolute atomic E-state index is 12.9. The molecular weight excluding hydrogens is 646 g/mol. The molecular formula is C42H81NO8. The van der Waals surface area contributed by atoms with Gasteiger partial charge in [-0.1, -0.05) is 180 Å². The van der Waals surface area contributed by atoms with Gasteiger partial charge in [-0.05, 0) is 19.3 Å². The first kappa shape index (κ1) is 48.0. The summed E-state index contributed by atoms with van der Waals surface area (Å²) in [4.78, 5) is 12.9. The van der Waals surface area contributed by atoms with Gasteiger partial charge in [0.15, 0.2) is 6.29 Å². The van der Waals surface area contributed by atoms with Crippen LogP contribution in [0, 0.1) is 0 Å². The molecule has 2 unspecified atom stereocenters. The molecule has 7 atom stereocenters. The van der Waals surface area contributed by atoms with Crippen LogP contribution in [0.2, 0.25) is 0 Å². The standard InChI is InChI=1S/C42H81NO8/c1-3-5-7-9-11-13-15-16-17-18-19-20-22-24-26-28-30-32-38(46)43-35(34-50-42-41(49)40(48)39(47)37(33-44)51-42)36(45)31-29-27-25-23-21-14-12-10-8-6-4-2/h29,31,35-37,39-42,44-45,47-49H,3-28,30,32-34H2,1-2H3,(H,43,46)/b31-29+/t35-,36+,37+,39+,40?,41?,42+/m0/s1. The van der Waals surface area contributed by atoms with Gasteiger partial charge in [-0.25, -0.2) is 0 Å². The number of amides is 1. The number of aliphatic hydroxyl groups excluding tert-OH is 5. The van der Waals surface area contributed by atoms with Crippen LogP contribution in [0.15, 0.2) is 12.2 Å². The molecule has 0 aromatic rings. The molecule has 1 amide bonds. The Bertz CT molecular complexity index is 812. The van der Waals surface area contributed by atoms with Crippen molar-refractivity contribution in [3.63, 3.8) is 0 Å². The molecule has 1 aliphatic rings. The van der Waals surface area contributed by atoms with Crippen molar-refractivity contribution in [2.75, 3.05) is 13.2 Å². The number of rotatable bonds is 35. The van der Waals surface area contributed by atoms with Gasteiger partial charge in [0.05, 0.1) is 25.4 Å². The first-order chi connectivity index (χ1) is 24.8. The maximum atomic E-state index is 12.9. The Kier molecular flexibility index (Phi) is 31.5. The van der Waals surface area contributed by atoms with Gasteiger partial charge < -0.3 is 40.3 Å². The van der Waals surface area contributed by atoms with Gasteiger partial charge in [-0.3, -0.25) is 4.79 Å². The Balaban J connectivity index is 2.36. The predicted molar refractivity (Wildman–Crippen MR) is 207 cm³/mol. The maximum Gasteiger partial charge on any atom is 0.220 e. The van der Waals surface area contributed by atoms with Crippen molar-refractivity contribution in [2.45, 2.75) is 236 Å². The van der Waals surface area contributed by atoms with Gasteiger partial charge in [-0.15, -0.1) is 0 Å². The Morgan fingerprint density at radius 1 is 0.647 bits per heavy atom. The molecule has 1 fully saturated rings. The van der Waals surface area contributed by atoms with Crippen molar-refractivity contribution in [2.24, 2.45) is 0 Å². The molecule has 1 aliphatic heterocycles. The average molecular weight is 728 g/mol. The van der Waals surface area contributed by atoms with E-state index >= 15 is 0 Å². The zero-order chi connectivity index (χ0) is 37.4. The molecule has 51 heavy (non-hydrogen) atoms. The van der Waals surface area contributed by atoms with Crippen LogP contribution in [-0.4, -0.2) is 87.5 Å². The Morgan fingerprint density at radius 3 is 1.53 bits per heavy atom. The normalized spacial score (nSPS) is 22.1. The van der Waals surface area contributed by atoms with E-state index in [4.69, 9.17) is 9.47 Å². The minimum atomic E-state index is -1.56. The van der Waals surface area contributed by atoms with Crippen molar-refractivity contribution < 1.29 is 39.8 Å². The molecule has 0 aromatic heterocycles. The zero-order valence-corrected chi connectivity index (χ0v) is 32.9. The molecule has 0 spiro atoms. The van der Waals surface area contributed by atoms with Crippen LogP contribution >= 0.6 is 0 Å². The summed E-state index contributed by atoms with van der Waals surface area (Å²) >= 11 is 0. The van der Waals surface area contributed by atoms with Gasteiger partial charge >= 0.3 is 0 Å². The number of allylic oxidation sites excluding steroid dienone is 1. The number of unbranched alkanes of at least 4 members (excludes halogenated alkanes) is 25. The molecule has 302 valence electrons. The second-order valence-electron chi connectivity index (χ2n) is 15.1. The molecule has 0 aliphatic carbocycles. The molecule has 0 saturated carbocycles. The third kappa shape index (κ3) is 24.8. The highest BCUT2D eigenvalue weighted by Gasteiger charge is 2.44. The molecule has 0 radical (unpaired) electrons. The molecule has 0 bridgehead atoms. The van der Waals surface area contributed by atoms with E-state index in [1.165, 1.54) is 135 Å². The highest BCUT2D eigenvalue weighted by Crippen LogP contribution is 2.22. The van der Waals surface area contributed by atoms with Crippen LogP contribution in [0.3, 0.4) is 0 Å². The van der Waals surface area contributed by atoms with E-state index in [1.54, 1.807) is 6.08 Å². The van der Waals surface area contributed by atoms with Gasteiger partial charge in [-0.2, -0.15) is 0 Å². The average Bonchev–Trinajstić information content (AvgIpc) is 3.13. The Labute approximate surface area is 312 Å². The first-order valence-corrected chi connectivity index (χ1v) is 21.4. The van der Waals surface area contributed by atoms with Gasteiger partial charge in [0, 0.05) is 6.42 Å². The Hall–Kier alpha value is -1.07. The summed E-state index contributed by atoms with van der Waals surface area (Å²) in [7, 11) is 0. The van der Waals surface area contributed by atoms with Crippen molar-refractivity contribution in [3.05, 3.63) is 12.2 Å². The lowest BCUT2D eigenvalue weighted by Crippen LogP contribution is -2.60. The van der Waals surface area contributed by atoms with E-state index in [0.717, 1.165) is 38.5 Å². The van der Waals surface area contributed by atoms with Gasteiger partial charge in [0.25, 0.3) is 0 Å². The molecule has 1 rings (SSSR count). The van der Waals surface area contributed by atoms with Crippen LogP contribution in [0.4, 0.5) is 0 Å². The van der Waals surface area contributed by atoms with Gasteiger partial charge in [0.2, 0.25) is 5.91 Å². The molecule has 9 nitrogen and oxygen atoms in total. The summed E-state index contributed by atoms with van der Waals surface area (Å²) in [5.41, 5.74) is 0. The molecule has 1 heterocycles. The number of carbonyl (C=O) groups is 1. The van der Waals surface area contributed by atoms with Crippen LogP contribution < -0.4 is 5.32 Å². The molecule has 1 saturated heterocycles. The van der Waals surface area contributed by atoms with E-state index in [2.05, 4.69) is 19.2 Å². The van der Waals surface area contributed by atoms with E-state index in [9.17, 15) is 30.3 Å². The SMILES string of the molecule is CCCCCCCCCCC/C=C/[C@@H](O)[C@H](CO[C@@H]1O[C@H](CO)[C@@H](O)C(O)C1O)NC(=O)CCCCCCCCCCCCCCCCCCC.